The van der Waals surface area contributed by atoms with Crippen LogP contribution in [0.3, 0.4) is 0 Å². The minimum Gasteiger partial charge on any atom is -0.368 e. The molecule has 0 aliphatic carbocycles. The van der Waals surface area contributed by atoms with Gasteiger partial charge in [0, 0.05) is 37.9 Å². The van der Waals surface area contributed by atoms with Crippen molar-refractivity contribution >= 4 is 27.3 Å². The maximum atomic E-state index is 12.3. The highest BCUT2D eigenvalue weighted by molar-refractivity contribution is 7.91. The molecule has 2 aliphatic heterocycles. The summed E-state index contributed by atoms with van der Waals surface area (Å²) >= 11 is 0. The van der Waals surface area contributed by atoms with E-state index in [4.69, 9.17) is 0 Å². The molecule has 1 aromatic carbocycles. The molecular weight excluding hydrogens is 342 g/mol. The van der Waals surface area contributed by atoms with Gasteiger partial charge in [-0.3, -0.25) is 9.59 Å². The summed E-state index contributed by atoms with van der Waals surface area (Å²) in [4.78, 5) is 28.1. The fourth-order valence-electron chi connectivity index (χ4n) is 3.29. The number of piperazine rings is 1. The molecule has 0 bridgehead atoms. The van der Waals surface area contributed by atoms with E-state index < -0.39 is 27.7 Å². The number of sulfone groups is 1. The second-order valence-corrected chi connectivity index (χ2v) is 8.92. The summed E-state index contributed by atoms with van der Waals surface area (Å²) in [5, 5.41) is 2.56. The standard InChI is InChI=1S/C17H23N3O4S/c1-13-3-2-4-15(11-13)19-6-8-20(9-7-19)17(22)16(21)18-14-5-10-25(23,24)12-14/h2-4,11,14H,5-10,12H2,1H3,(H,18,21). The van der Waals surface area contributed by atoms with Crippen LogP contribution in [0.15, 0.2) is 24.3 Å². The Kier molecular flexibility index (Phi) is 4.99. The van der Waals surface area contributed by atoms with Crippen molar-refractivity contribution in [2.45, 2.75) is 19.4 Å². The predicted molar refractivity (Wildman–Crippen MR) is 95.2 cm³/mol. The Labute approximate surface area is 147 Å². The first kappa shape index (κ1) is 17.7. The lowest BCUT2D eigenvalue weighted by Crippen LogP contribution is -2.54. The summed E-state index contributed by atoms with van der Waals surface area (Å²) in [6.07, 6.45) is 0.377. The van der Waals surface area contributed by atoms with Crippen LogP contribution in [0.4, 0.5) is 5.69 Å². The van der Waals surface area contributed by atoms with Gasteiger partial charge < -0.3 is 15.1 Å². The van der Waals surface area contributed by atoms with Crippen LogP contribution in [-0.4, -0.2) is 68.9 Å². The van der Waals surface area contributed by atoms with E-state index in [0.717, 1.165) is 5.69 Å². The normalized spacial score (nSPS) is 22.7. The SMILES string of the molecule is Cc1cccc(N2CCN(C(=O)C(=O)NC3CCS(=O)(=O)C3)CC2)c1. The van der Waals surface area contributed by atoms with Crippen molar-refractivity contribution in [3.8, 4) is 0 Å². The van der Waals surface area contributed by atoms with Gasteiger partial charge in [-0.15, -0.1) is 0 Å². The second-order valence-electron chi connectivity index (χ2n) is 6.69. The van der Waals surface area contributed by atoms with Crippen molar-refractivity contribution < 1.29 is 18.0 Å². The number of nitrogens with one attached hydrogen (secondary N) is 1. The van der Waals surface area contributed by atoms with Gasteiger partial charge in [-0.2, -0.15) is 0 Å². The monoisotopic (exact) mass is 365 g/mol. The van der Waals surface area contributed by atoms with Crippen LogP contribution >= 0.6 is 0 Å². The summed E-state index contributed by atoms with van der Waals surface area (Å²) in [7, 11) is -3.08. The maximum Gasteiger partial charge on any atom is 0.312 e. The Balaban J connectivity index is 1.52. The van der Waals surface area contributed by atoms with E-state index in [-0.39, 0.29) is 11.5 Å². The topological polar surface area (TPSA) is 86.8 Å². The van der Waals surface area contributed by atoms with Crippen LogP contribution in [0.1, 0.15) is 12.0 Å². The molecule has 0 radical (unpaired) electrons. The van der Waals surface area contributed by atoms with Gasteiger partial charge in [0.25, 0.3) is 0 Å². The zero-order valence-corrected chi connectivity index (χ0v) is 15.1. The highest BCUT2D eigenvalue weighted by Gasteiger charge is 2.32. The maximum absolute atomic E-state index is 12.3. The average Bonchev–Trinajstić information content (AvgIpc) is 2.93. The van der Waals surface area contributed by atoms with Gasteiger partial charge in [0.1, 0.15) is 0 Å². The molecule has 1 unspecified atom stereocenters. The zero-order valence-electron chi connectivity index (χ0n) is 14.3. The van der Waals surface area contributed by atoms with Crippen LogP contribution < -0.4 is 10.2 Å². The fourth-order valence-corrected chi connectivity index (χ4v) is 4.97. The molecule has 2 saturated heterocycles. The molecule has 2 amide bonds. The van der Waals surface area contributed by atoms with E-state index in [0.29, 0.717) is 32.6 Å². The molecule has 1 atom stereocenters. The Morgan fingerprint density at radius 2 is 1.88 bits per heavy atom. The fraction of sp³-hybridized carbons (Fsp3) is 0.529. The number of hydrogen-bond donors (Lipinski definition) is 1. The van der Waals surface area contributed by atoms with Crippen LogP contribution in [0.2, 0.25) is 0 Å². The lowest BCUT2D eigenvalue weighted by molar-refractivity contribution is -0.146. The summed E-state index contributed by atoms with van der Waals surface area (Å²) in [6.45, 7) is 4.32. The van der Waals surface area contributed by atoms with Crippen molar-refractivity contribution in [2.75, 3.05) is 42.6 Å². The number of aryl methyl sites for hydroxylation is 1. The van der Waals surface area contributed by atoms with Gasteiger partial charge in [-0.05, 0) is 31.0 Å². The molecule has 136 valence electrons. The average molecular weight is 365 g/mol. The molecule has 0 saturated carbocycles. The number of benzene rings is 1. The van der Waals surface area contributed by atoms with Crippen LogP contribution in [0, 0.1) is 6.92 Å². The summed E-state index contributed by atoms with van der Waals surface area (Å²) in [5.41, 5.74) is 2.30. The number of rotatable bonds is 2. The lowest BCUT2D eigenvalue weighted by atomic mass is 10.2. The van der Waals surface area contributed by atoms with E-state index in [1.165, 1.54) is 10.5 Å². The van der Waals surface area contributed by atoms with Gasteiger partial charge in [0.15, 0.2) is 9.84 Å². The second kappa shape index (κ2) is 7.03. The molecule has 7 nitrogen and oxygen atoms in total. The van der Waals surface area contributed by atoms with Gasteiger partial charge >= 0.3 is 11.8 Å². The first-order valence-corrected chi connectivity index (χ1v) is 10.3. The van der Waals surface area contributed by atoms with Crippen molar-refractivity contribution in [1.29, 1.82) is 0 Å². The molecule has 1 N–H and O–H groups in total. The largest absolute Gasteiger partial charge is 0.368 e. The molecule has 3 rings (SSSR count). The third kappa shape index (κ3) is 4.31. The smallest absolute Gasteiger partial charge is 0.312 e. The third-order valence-corrected chi connectivity index (χ3v) is 6.46. The van der Waals surface area contributed by atoms with Crippen molar-refractivity contribution in [3.63, 3.8) is 0 Å². The van der Waals surface area contributed by atoms with Crippen molar-refractivity contribution in [1.82, 2.24) is 10.2 Å². The molecule has 2 aliphatic rings. The zero-order chi connectivity index (χ0) is 18.0. The lowest BCUT2D eigenvalue weighted by Gasteiger charge is -2.36. The Morgan fingerprint density at radius 3 is 2.48 bits per heavy atom. The van der Waals surface area contributed by atoms with Crippen molar-refractivity contribution in [3.05, 3.63) is 29.8 Å². The van der Waals surface area contributed by atoms with Crippen molar-refractivity contribution in [2.24, 2.45) is 0 Å². The van der Waals surface area contributed by atoms with Gasteiger partial charge in [0.05, 0.1) is 11.5 Å². The van der Waals surface area contributed by atoms with Crippen LogP contribution in [-0.2, 0) is 19.4 Å². The Bertz CT molecular complexity index is 770. The molecule has 8 heteroatoms. The van der Waals surface area contributed by atoms with Gasteiger partial charge in [-0.25, -0.2) is 8.42 Å². The molecule has 25 heavy (non-hydrogen) atoms. The van der Waals surface area contributed by atoms with E-state index in [1.807, 2.05) is 25.1 Å². The predicted octanol–water partition coefficient (Wildman–Crippen LogP) is -0.0531. The molecule has 0 aromatic heterocycles. The Morgan fingerprint density at radius 1 is 1.16 bits per heavy atom. The first-order valence-electron chi connectivity index (χ1n) is 8.46. The van der Waals surface area contributed by atoms with E-state index in [2.05, 4.69) is 16.3 Å². The minimum absolute atomic E-state index is 0.0707. The highest BCUT2D eigenvalue weighted by atomic mass is 32.2. The molecule has 2 fully saturated rings. The number of anilines is 1. The Hall–Kier alpha value is -2.09. The number of hydrogen-bond acceptors (Lipinski definition) is 5. The molecule has 2 heterocycles. The van der Waals surface area contributed by atoms with E-state index in [9.17, 15) is 18.0 Å². The molecular formula is C17H23N3O4S. The molecule has 0 spiro atoms. The summed E-state index contributed by atoms with van der Waals surface area (Å²) in [6, 6.07) is 7.74. The number of carbonyl (C=O) groups excluding carboxylic acids is 2. The third-order valence-electron chi connectivity index (χ3n) is 4.70. The summed E-state index contributed by atoms with van der Waals surface area (Å²) < 4.78 is 22.9. The van der Waals surface area contributed by atoms with Crippen LogP contribution in [0.25, 0.3) is 0 Å². The first-order chi connectivity index (χ1) is 11.8. The van der Waals surface area contributed by atoms with E-state index >= 15 is 0 Å². The van der Waals surface area contributed by atoms with Gasteiger partial charge in [0.2, 0.25) is 0 Å². The quantitative estimate of drug-likeness (QED) is 0.743. The molecule has 1 aromatic rings. The van der Waals surface area contributed by atoms with Crippen LogP contribution in [0.5, 0.6) is 0 Å². The van der Waals surface area contributed by atoms with Gasteiger partial charge in [-0.1, -0.05) is 12.1 Å². The number of carbonyl (C=O) groups is 2. The summed E-state index contributed by atoms with van der Waals surface area (Å²) in [5.74, 6) is -1.28. The highest BCUT2D eigenvalue weighted by Crippen LogP contribution is 2.18. The number of amides is 2. The minimum atomic E-state index is -3.08. The van der Waals surface area contributed by atoms with E-state index in [1.54, 1.807) is 0 Å². The number of nitrogens with zero attached hydrogens (tertiary/aromatic N) is 2.